The first-order chi connectivity index (χ1) is 22.2. The van der Waals surface area contributed by atoms with E-state index in [0.29, 0.717) is 6.04 Å². The predicted molar refractivity (Wildman–Crippen MR) is 210 cm³/mol. The number of imidazole rings is 1. The summed E-state index contributed by atoms with van der Waals surface area (Å²) in [4.78, 5) is 0. The lowest BCUT2D eigenvalue weighted by molar-refractivity contribution is -0.671. The van der Waals surface area contributed by atoms with Crippen molar-refractivity contribution in [3.8, 4) is 0 Å². The summed E-state index contributed by atoms with van der Waals surface area (Å²) in [5.41, 5.74) is 5.48. The molecule has 4 heteroatoms. The fourth-order valence-electron chi connectivity index (χ4n) is 6.67. The SMILES string of the molecule is CCCCCCCCCCC(CCCCCCCCC)n1cc[n+](C)c1.CCCCCCCCCCCCCCCCCCN.Cl. The van der Waals surface area contributed by atoms with Gasteiger partial charge in [0, 0.05) is 0 Å². The van der Waals surface area contributed by atoms with Crippen molar-refractivity contribution in [1.29, 1.82) is 0 Å². The van der Waals surface area contributed by atoms with Crippen molar-refractivity contribution in [2.24, 2.45) is 12.8 Å². The summed E-state index contributed by atoms with van der Waals surface area (Å²) in [6.45, 7) is 7.76. The summed E-state index contributed by atoms with van der Waals surface area (Å²) in [6, 6.07) is 0.715. The first-order valence-corrected chi connectivity index (χ1v) is 20.9. The third kappa shape index (κ3) is 34.8. The second-order valence-corrected chi connectivity index (χ2v) is 14.4. The zero-order valence-electron chi connectivity index (χ0n) is 32.2. The Morgan fingerprint density at radius 2 is 0.739 bits per heavy atom. The van der Waals surface area contributed by atoms with Crippen molar-refractivity contribution in [1.82, 2.24) is 4.57 Å². The van der Waals surface area contributed by atoms with E-state index in [9.17, 15) is 0 Å². The minimum Gasteiger partial charge on any atom is -0.330 e. The monoisotopic (exact) mass is 669 g/mol. The molecule has 0 bridgehead atoms. The van der Waals surface area contributed by atoms with Gasteiger partial charge in [0.15, 0.2) is 0 Å². The van der Waals surface area contributed by atoms with Crippen LogP contribution in [0.5, 0.6) is 0 Å². The molecule has 1 aromatic heterocycles. The first-order valence-electron chi connectivity index (χ1n) is 20.9. The van der Waals surface area contributed by atoms with Gasteiger partial charge < -0.3 is 5.73 Å². The molecule has 276 valence electrons. The van der Waals surface area contributed by atoms with E-state index in [2.05, 4.69) is 55.7 Å². The average molecular weight is 670 g/mol. The molecule has 0 saturated heterocycles. The van der Waals surface area contributed by atoms with Crippen LogP contribution >= 0.6 is 12.4 Å². The highest BCUT2D eigenvalue weighted by molar-refractivity contribution is 5.85. The molecule has 0 saturated carbocycles. The fourth-order valence-corrected chi connectivity index (χ4v) is 6.67. The number of hydrogen-bond donors (Lipinski definition) is 1. The first kappa shape index (κ1) is 47.6. The second kappa shape index (κ2) is 40.6. The minimum absolute atomic E-state index is 0. The highest BCUT2D eigenvalue weighted by Crippen LogP contribution is 2.23. The van der Waals surface area contributed by atoms with Gasteiger partial charge in [-0.2, -0.15) is 0 Å². The summed E-state index contributed by atoms with van der Waals surface area (Å²) >= 11 is 0. The molecular formula is C42H87ClN3+. The van der Waals surface area contributed by atoms with Crippen molar-refractivity contribution >= 4 is 12.4 Å². The van der Waals surface area contributed by atoms with Gasteiger partial charge in [-0.15, -0.1) is 12.4 Å². The Hall–Kier alpha value is -0.540. The van der Waals surface area contributed by atoms with Crippen molar-refractivity contribution in [3.05, 3.63) is 18.7 Å². The molecule has 1 atom stereocenters. The third-order valence-electron chi connectivity index (χ3n) is 9.80. The Kier molecular flexibility index (Phi) is 42.0. The Morgan fingerprint density at radius 3 is 1.00 bits per heavy atom. The molecule has 46 heavy (non-hydrogen) atoms. The second-order valence-electron chi connectivity index (χ2n) is 14.4. The number of aromatic nitrogens is 2. The van der Waals surface area contributed by atoms with Gasteiger partial charge in [-0.1, -0.05) is 201 Å². The third-order valence-corrected chi connectivity index (χ3v) is 9.80. The van der Waals surface area contributed by atoms with Crippen LogP contribution in [0, 0.1) is 0 Å². The molecule has 2 N–H and O–H groups in total. The number of nitrogens with zero attached hydrogens (tertiary/aromatic N) is 2. The Labute approximate surface area is 297 Å². The molecule has 0 spiro atoms. The van der Waals surface area contributed by atoms with Crippen molar-refractivity contribution in [3.63, 3.8) is 0 Å². The van der Waals surface area contributed by atoms with Gasteiger partial charge in [-0.25, -0.2) is 9.13 Å². The smallest absolute Gasteiger partial charge is 0.243 e. The fraction of sp³-hybridized carbons (Fsp3) is 0.929. The number of aryl methyl sites for hydroxylation is 1. The van der Waals surface area contributed by atoms with Crippen molar-refractivity contribution in [2.75, 3.05) is 6.54 Å². The lowest BCUT2D eigenvalue weighted by Crippen LogP contribution is -2.24. The number of hydrogen-bond acceptors (Lipinski definition) is 1. The molecule has 0 aliphatic carbocycles. The van der Waals surface area contributed by atoms with Crippen LogP contribution in [0.1, 0.15) is 239 Å². The molecule has 1 aromatic rings. The van der Waals surface area contributed by atoms with Gasteiger partial charge in [0.25, 0.3) is 0 Å². The van der Waals surface area contributed by atoms with E-state index >= 15 is 0 Å². The molecular weight excluding hydrogens is 582 g/mol. The lowest BCUT2D eigenvalue weighted by atomic mass is 9.99. The van der Waals surface area contributed by atoms with Crippen LogP contribution in [0.2, 0.25) is 0 Å². The summed E-state index contributed by atoms with van der Waals surface area (Å²) in [6.07, 6.45) is 53.6. The van der Waals surface area contributed by atoms with E-state index in [0.717, 1.165) is 6.54 Å². The molecule has 1 unspecified atom stereocenters. The van der Waals surface area contributed by atoms with Crippen molar-refractivity contribution in [2.45, 2.75) is 239 Å². The van der Waals surface area contributed by atoms with Crippen LogP contribution < -0.4 is 10.3 Å². The van der Waals surface area contributed by atoms with Crippen LogP contribution in [0.3, 0.4) is 0 Å². The lowest BCUT2D eigenvalue weighted by Gasteiger charge is -2.14. The van der Waals surface area contributed by atoms with E-state index in [4.69, 9.17) is 5.73 Å². The van der Waals surface area contributed by atoms with E-state index in [-0.39, 0.29) is 12.4 Å². The Bertz CT molecular complexity index is 645. The van der Waals surface area contributed by atoms with Crippen molar-refractivity contribution < 1.29 is 4.57 Å². The van der Waals surface area contributed by atoms with Gasteiger partial charge in [-0.3, -0.25) is 0 Å². The number of unbranched alkanes of at least 4 members (excludes halogenated alkanes) is 28. The quantitative estimate of drug-likeness (QED) is 0.0575. The van der Waals surface area contributed by atoms with Gasteiger partial charge in [-0.05, 0) is 38.6 Å². The maximum absolute atomic E-state index is 5.48. The molecule has 0 fully saturated rings. The summed E-state index contributed by atoms with van der Waals surface area (Å²) < 4.78 is 4.66. The van der Waals surface area contributed by atoms with Gasteiger partial charge >= 0.3 is 0 Å². The maximum Gasteiger partial charge on any atom is 0.243 e. The number of halogens is 1. The highest BCUT2D eigenvalue weighted by Gasteiger charge is 2.15. The van der Waals surface area contributed by atoms with E-state index in [1.165, 1.54) is 212 Å². The minimum atomic E-state index is 0. The normalized spacial score (nSPS) is 11.7. The Morgan fingerprint density at radius 1 is 0.457 bits per heavy atom. The van der Waals surface area contributed by atoms with E-state index in [1.54, 1.807) is 0 Å². The zero-order chi connectivity index (χ0) is 32.9. The predicted octanol–water partition coefficient (Wildman–Crippen LogP) is 14.2. The standard InChI is InChI=1S/C24H47N2.C18H39N.ClH/c1-4-6-8-10-12-14-16-18-20-24(26-22-21-25(3)23-26)19-17-15-13-11-9-7-5-2;1-2-3-4-5-6-7-8-9-10-11-12-13-14-15-16-17-18-19;/h21-24H,4-20H2,1-3H3;2-19H2,1H3;1H/q+1;;. The Balaban J connectivity index is 0. The maximum atomic E-state index is 5.48. The molecule has 0 aromatic carbocycles. The van der Waals surface area contributed by atoms with Crippen LogP contribution in [0.4, 0.5) is 0 Å². The highest BCUT2D eigenvalue weighted by atomic mass is 35.5. The molecule has 0 amide bonds. The molecule has 1 rings (SSSR count). The van der Waals surface area contributed by atoms with Gasteiger partial charge in [0.2, 0.25) is 6.33 Å². The molecule has 1 heterocycles. The largest absolute Gasteiger partial charge is 0.330 e. The number of nitrogens with two attached hydrogens (primary N) is 1. The summed E-state index contributed by atoms with van der Waals surface area (Å²) in [7, 11) is 2.14. The van der Waals surface area contributed by atoms with Crippen LogP contribution in [-0.4, -0.2) is 11.1 Å². The molecule has 0 aliphatic heterocycles. The summed E-state index contributed by atoms with van der Waals surface area (Å²) in [5, 5.41) is 0. The zero-order valence-corrected chi connectivity index (χ0v) is 33.0. The van der Waals surface area contributed by atoms with Crippen LogP contribution in [0.15, 0.2) is 18.7 Å². The average Bonchev–Trinajstić information content (AvgIpc) is 3.49. The van der Waals surface area contributed by atoms with Crippen LogP contribution in [-0.2, 0) is 7.05 Å². The molecule has 0 radical (unpaired) electrons. The number of rotatable bonds is 34. The van der Waals surface area contributed by atoms with E-state index < -0.39 is 0 Å². The van der Waals surface area contributed by atoms with E-state index in [1.807, 2.05) is 0 Å². The van der Waals surface area contributed by atoms with Gasteiger partial charge in [0.05, 0.1) is 7.05 Å². The summed E-state index contributed by atoms with van der Waals surface area (Å²) in [5.74, 6) is 0. The van der Waals surface area contributed by atoms with Crippen LogP contribution in [0.25, 0.3) is 0 Å². The molecule has 3 nitrogen and oxygen atoms in total. The molecule has 0 aliphatic rings. The topological polar surface area (TPSA) is 34.8 Å². The van der Waals surface area contributed by atoms with Gasteiger partial charge in [0.1, 0.15) is 18.4 Å².